The average Bonchev–Trinajstić information content (AvgIpc) is 2.98. The van der Waals surface area contributed by atoms with E-state index in [1.165, 1.54) is 4.68 Å². The van der Waals surface area contributed by atoms with Crippen molar-refractivity contribution in [1.82, 2.24) is 19.6 Å². The van der Waals surface area contributed by atoms with Crippen LogP contribution in [0.1, 0.15) is 36.7 Å². The van der Waals surface area contributed by atoms with Crippen molar-refractivity contribution in [2.24, 2.45) is 0 Å². The Balaban J connectivity index is 1.96. The predicted octanol–water partition coefficient (Wildman–Crippen LogP) is 2.85. The number of aromatic nitrogens is 4. The van der Waals surface area contributed by atoms with Crippen LogP contribution in [0.5, 0.6) is 0 Å². The first-order chi connectivity index (χ1) is 12.9. The van der Waals surface area contributed by atoms with E-state index in [4.69, 9.17) is 4.74 Å². The fraction of sp³-hybridized carbons (Fsp3) is 0.400. The number of nitrogens with zero attached hydrogens (tertiary/aromatic N) is 4. The third kappa shape index (κ3) is 3.77. The molecule has 0 radical (unpaired) electrons. The van der Waals surface area contributed by atoms with Gasteiger partial charge in [0.05, 0.1) is 29.1 Å². The van der Waals surface area contributed by atoms with E-state index < -0.39 is 0 Å². The smallest absolute Gasteiger partial charge is 0.305 e. The maximum atomic E-state index is 12.8. The molecule has 3 rings (SSSR count). The first kappa shape index (κ1) is 18.8. The lowest BCUT2D eigenvalue weighted by molar-refractivity contribution is -0.143. The van der Waals surface area contributed by atoms with E-state index in [-0.39, 0.29) is 17.9 Å². The molecule has 0 atom stereocenters. The number of aryl methyl sites for hydroxylation is 4. The van der Waals surface area contributed by atoms with Gasteiger partial charge in [0.1, 0.15) is 0 Å². The monoisotopic (exact) mass is 368 g/mol. The van der Waals surface area contributed by atoms with Crippen molar-refractivity contribution in [2.45, 2.75) is 47.1 Å². The topological polar surface area (TPSA) is 79.0 Å². The second-order valence-corrected chi connectivity index (χ2v) is 6.58. The van der Waals surface area contributed by atoms with Crippen LogP contribution in [0.2, 0.25) is 0 Å². The summed E-state index contributed by atoms with van der Waals surface area (Å²) in [5, 5.41) is 9.76. The molecule has 7 nitrogen and oxygen atoms in total. The zero-order valence-corrected chi connectivity index (χ0v) is 16.2. The van der Waals surface area contributed by atoms with Crippen LogP contribution < -0.4 is 5.56 Å². The largest absolute Gasteiger partial charge is 0.466 e. The van der Waals surface area contributed by atoms with Crippen molar-refractivity contribution < 1.29 is 9.53 Å². The highest BCUT2D eigenvalue weighted by atomic mass is 16.5. The molecule has 0 spiro atoms. The summed E-state index contributed by atoms with van der Waals surface area (Å²) in [4.78, 5) is 24.3. The lowest BCUT2D eigenvalue weighted by Crippen LogP contribution is -2.24. The minimum Gasteiger partial charge on any atom is -0.466 e. The Morgan fingerprint density at radius 1 is 1.11 bits per heavy atom. The lowest BCUT2D eigenvalue weighted by atomic mass is 10.2. The van der Waals surface area contributed by atoms with E-state index in [2.05, 4.69) is 10.2 Å². The molecule has 2 heterocycles. The van der Waals surface area contributed by atoms with Crippen molar-refractivity contribution in [2.75, 3.05) is 6.61 Å². The predicted molar refractivity (Wildman–Crippen MR) is 103 cm³/mol. The maximum Gasteiger partial charge on any atom is 0.305 e. The highest BCUT2D eigenvalue weighted by Gasteiger charge is 2.17. The van der Waals surface area contributed by atoms with Crippen LogP contribution in [0.25, 0.3) is 16.6 Å². The van der Waals surface area contributed by atoms with Gasteiger partial charge in [0.15, 0.2) is 5.52 Å². The second kappa shape index (κ2) is 7.73. The highest BCUT2D eigenvalue weighted by Crippen LogP contribution is 2.21. The molecule has 1 aromatic carbocycles. The van der Waals surface area contributed by atoms with Gasteiger partial charge in [-0.2, -0.15) is 10.2 Å². The molecular formula is C20H24N4O3. The SMILES string of the molecule is CCOC(=O)CCCn1nc(C)c2c(C)n(-c3ccc(C)cc3)nc2c1=O. The van der Waals surface area contributed by atoms with Gasteiger partial charge in [0.25, 0.3) is 5.56 Å². The first-order valence-electron chi connectivity index (χ1n) is 9.12. The third-order valence-electron chi connectivity index (χ3n) is 4.52. The van der Waals surface area contributed by atoms with E-state index in [1.807, 2.05) is 45.0 Å². The van der Waals surface area contributed by atoms with Crippen LogP contribution in [0.3, 0.4) is 0 Å². The van der Waals surface area contributed by atoms with Crippen molar-refractivity contribution in [1.29, 1.82) is 0 Å². The number of hydrogen-bond donors (Lipinski definition) is 0. The first-order valence-corrected chi connectivity index (χ1v) is 9.12. The summed E-state index contributed by atoms with van der Waals surface area (Å²) >= 11 is 0. The van der Waals surface area contributed by atoms with Crippen molar-refractivity contribution in [3.8, 4) is 5.69 Å². The molecule has 2 aromatic heterocycles. The van der Waals surface area contributed by atoms with E-state index in [9.17, 15) is 9.59 Å². The Morgan fingerprint density at radius 2 is 1.81 bits per heavy atom. The molecule has 3 aromatic rings. The lowest BCUT2D eigenvalue weighted by Gasteiger charge is -2.06. The van der Waals surface area contributed by atoms with E-state index in [0.717, 1.165) is 28.0 Å². The van der Waals surface area contributed by atoms with E-state index in [1.54, 1.807) is 11.6 Å². The van der Waals surface area contributed by atoms with E-state index in [0.29, 0.717) is 25.1 Å². The summed E-state index contributed by atoms with van der Waals surface area (Å²) in [6.07, 6.45) is 0.754. The molecule has 142 valence electrons. The van der Waals surface area contributed by atoms with Crippen LogP contribution in [0, 0.1) is 20.8 Å². The van der Waals surface area contributed by atoms with E-state index >= 15 is 0 Å². The molecule has 0 aliphatic rings. The van der Waals surface area contributed by atoms with Gasteiger partial charge >= 0.3 is 5.97 Å². The molecule has 0 N–H and O–H groups in total. The Morgan fingerprint density at radius 3 is 2.48 bits per heavy atom. The molecule has 0 bridgehead atoms. The van der Waals surface area contributed by atoms with Gasteiger partial charge < -0.3 is 4.74 Å². The third-order valence-corrected chi connectivity index (χ3v) is 4.52. The molecule has 0 fully saturated rings. The quantitative estimate of drug-likeness (QED) is 0.625. The van der Waals surface area contributed by atoms with Gasteiger partial charge in [-0.1, -0.05) is 17.7 Å². The molecule has 0 aliphatic carbocycles. The van der Waals surface area contributed by atoms with Gasteiger partial charge in [-0.15, -0.1) is 0 Å². The van der Waals surface area contributed by atoms with Crippen LogP contribution in [0.4, 0.5) is 0 Å². The Hall–Kier alpha value is -2.96. The van der Waals surface area contributed by atoms with Crippen LogP contribution in [0.15, 0.2) is 29.1 Å². The van der Waals surface area contributed by atoms with Crippen molar-refractivity contribution in [3.05, 3.63) is 51.6 Å². The number of hydrogen-bond acceptors (Lipinski definition) is 5. The standard InChI is InChI=1S/C20H24N4O3/c1-5-27-17(25)7-6-12-23-20(26)19-18(14(3)21-23)15(4)24(22-19)16-10-8-13(2)9-11-16/h8-11H,5-7,12H2,1-4H3. The van der Waals surface area contributed by atoms with Crippen molar-refractivity contribution >= 4 is 16.9 Å². The fourth-order valence-electron chi connectivity index (χ4n) is 3.18. The zero-order chi connectivity index (χ0) is 19.6. The molecule has 7 heteroatoms. The zero-order valence-electron chi connectivity index (χ0n) is 16.2. The van der Waals surface area contributed by atoms with Crippen LogP contribution >= 0.6 is 0 Å². The Kier molecular flexibility index (Phi) is 5.39. The van der Waals surface area contributed by atoms with Gasteiger partial charge in [-0.3, -0.25) is 9.59 Å². The van der Waals surface area contributed by atoms with Gasteiger partial charge in [0.2, 0.25) is 0 Å². The summed E-state index contributed by atoms with van der Waals surface area (Å²) in [6.45, 7) is 8.32. The second-order valence-electron chi connectivity index (χ2n) is 6.58. The minimum atomic E-state index is -0.261. The summed E-state index contributed by atoms with van der Waals surface area (Å²) in [5.74, 6) is -0.261. The number of esters is 1. The van der Waals surface area contributed by atoms with Crippen LogP contribution in [-0.4, -0.2) is 32.1 Å². The van der Waals surface area contributed by atoms with Crippen LogP contribution in [-0.2, 0) is 16.1 Å². The van der Waals surface area contributed by atoms with Gasteiger partial charge in [-0.05, 0) is 46.2 Å². The van der Waals surface area contributed by atoms with Gasteiger partial charge in [-0.25, -0.2) is 9.36 Å². The normalized spacial score (nSPS) is 11.1. The number of fused-ring (bicyclic) bond motifs is 1. The molecular weight excluding hydrogens is 344 g/mol. The highest BCUT2D eigenvalue weighted by molar-refractivity contribution is 5.83. The number of ether oxygens (including phenoxy) is 1. The molecule has 0 unspecified atom stereocenters. The Bertz CT molecular complexity index is 1030. The molecule has 0 amide bonds. The summed E-state index contributed by atoms with van der Waals surface area (Å²) in [5.41, 5.74) is 3.85. The molecule has 0 aliphatic heterocycles. The summed E-state index contributed by atoms with van der Waals surface area (Å²) < 4.78 is 8.09. The van der Waals surface area contributed by atoms with Crippen molar-refractivity contribution in [3.63, 3.8) is 0 Å². The summed E-state index contributed by atoms with van der Waals surface area (Å²) in [7, 11) is 0. The number of rotatable bonds is 6. The average molecular weight is 368 g/mol. The number of benzene rings is 1. The summed E-state index contributed by atoms with van der Waals surface area (Å²) in [6, 6.07) is 7.99. The maximum absolute atomic E-state index is 12.8. The molecule has 27 heavy (non-hydrogen) atoms. The Labute approximate surface area is 157 Å². The minimum absolute atomic E-state index is 0.242. The number of carbonyl (C=O) groups is 1. The molecule has 0 saturated heterocycles. The number of carbonyl (C=O) groups excluding carboxylic acids is 1. The fourth-order valence-corrected chi connectivity index (χ4v) is 3.18. The molecule has 0 saturated carbocycles. The van der Waals surface area contributed by atoms with Gasteiger partial charge in [0, 0.05) is 13.0 Å².